The van der Waals surface area contributed by atoms with E-state index in [1.807, 2.05) is 18.0 Å². The van der Waals surface area contributed by atoms with Crippen molar-refractivity contribution >= 4 is 23.0 Å². The quantitative estimate of drug-likeness (QED) is 0.890. The zero-order valence-corrected chi connectivity index (χ0v) is 10.6. The number of nitrogens with zero attached hydrogens (tertiary/aromatic N) is 1. The van der Waals surface area contributed by atoms with Gasteiger partial charge in [-0.3, -0.25) is 0 Å². The van der Waals surface area contributed by atoms with Gasteiger partial charge in [-0.1, -0.05) is 0 Å². The number of aromatic carboxylic acids is 1. The lowest BCUT2D eigenvalue weighted by molar-refractivity contribution is 0.0701. The maximum absolute atomic E-state index is 11.0. The van der Waals surface area contributed by atoms with Gasteiger partial charge in [0.2, 0.25) is 0 Å². The van der Waals surface area contributed by atoms with Crippen molar-refractivity contribution in [3.8, 4) is 5.75 Å². The molecular formula is C13H13NO3S. The molecule has 0 radical (unpaired) electrons. The number of carboxylic acids is 1. The van der Waals surface area contributed by atoms with Crippen LogP contribution in [0.4, 0.5) is 5.69 Å². The summed E-state index contributed by atoms with van der Waals surface area (Å²) < 4.78 is 0. The van der Waals surface area contributed by atoms with Gasteiger partial charge >= 0.3 is 5.97 Å². The molecule has 0 bridgehead atoms. The molecule has 2 aromatic rings. The number of phenols is 1. The van der Waals surface area contributed by atoms with Crippen LogP contribution in [0.25, 0.3) is 0 Å². The second-order valence-electron chi connectivity index (χ2n) is 3.95. The van der Waals surface area contributed by atoms with Gasteiger partial charge in [0, 0.05) is 19.3 Å². The molecule has 0 aliphatic rings. The number of rotatable bonds is 4. The first-order valence-corrected chi connectivity index (χ1v) is 6.25. The van der Waals surface area contributed by atoms with Crippen molar-refractivity contribution in [2.75, 3.05) is 11.9 Å². The zero-order valence-electron chi connectivity index (χ0n) is 9.83. The van der Waals surface area contributed by atoms with E-state index in [1.54, 1.807) is 29.6 Å². The molecule has 0 spiro atoms. The van der Waals surface area contributed by atoms with E-state index in [1.165, 1.54) is 11.3 Å². The second-order valence-corrected chi connectivity index (χ2v) is 4.87. The highest BCUT2D eigenvalue weighted by atomic mass is 32.1. The Labute approximate surface area is 109 Å². The highest BCUT2D eigenvalue weighted by Gasteiger charge is 2.13. The Kier molecular flexibility index (Phi) is 3.53. The van der Waals surface area contributed by atoms with Crippen LogP contribution in [0.1, 0.15) is 15.2 Å². The Hall–Kier alpha value is -2.01. The molecule has 2 rings (SSSR count). The van der Waals surface area contributed by atoms with Crippen LogP contribution < -0.4 is 4.90 Å². The van der Waals surface area contributed by atoms with Gasteiger partial charge in [0.05, 0.1) is 0 Å². The van der Waals surface area contributed by atoms with Crippen molar-refractivity contribution < 1.29 is 15.0 Å². The van der Waals surface area contributed by atoms with E-state index in [9.17, 15) is 9.90 Å². The van der Waals surface area contributed by atoms with Crippen LogP contribution in [0.3, 0.4) is 0 Å². The van der Waals surface area contributed by atoms with E-state index in [-0.39, 0.29) is 5.75 Å². The number of thiophene rings is 1. The molecule has 4 nitrogen and oxygen atoms in total. The molecule has 94 valence electrons. The lowest BCUT2D eigenvalue weighted by atomic mass is 10.2. The molecule has 1 aromatic carbocycles. The fourth-order valence-corrected chi connectivity index (χ4v) is 2.45. The monoisotopic (exact) mass is 263 g/mol. The number of benzene rings is 1. The van der Waals surface area contributed by atoms with Gasteiger partial charge < -0.3 is 15.1 Å². The number of hydrogen-bond acceptors (Lipinski definition) is 4. The number of anilines is 1. The highest BCUT2D eigenvalue weighted by Crippen LogP contribution is 2.22. The molecule has 0 saturated carbocycles. The molecule has 0 aliphatic carbocycles. The van der Waals surface area contributed by atoms with E-state index in [0.29, 0.717) is 11.4 Å². The fourth-order valence-electron chi connectivity index (χ4n) is 1.70. The Bertz CT molecular complexity index is 548. The molecule has 0 aliphatic heterocycles. The van der Waals surface area contributed by atoms with Crippen molar-refractivity contribution in [2.45, 2.75) is 6.54 Å². The summed E-state index contributed by atoms with van der Waals surface area (Å²) in [5.74, 6) is -0.673. The fraction of sp³-hybridized carbons (Fsp3) is 0.154. The molecule has 0 amide bonds. The predicted octanol–water partition coefficient (Wildman–Crippen LogP) is 2.79. The number of carboxylic acid groups (broad SMARTS) is 1. The largest absolute Gasteiger partial charge is 0.508 e. The third-order valence-electron chi connectivity index (χ3n) is 2.64. The topological polar surface area (TPSA) is 60.8 Å². The minimum Gasteiger partial charge on any atom is -0.508 e. The van der Waals surface area contributed by atoms with Gasteiger partial charge in [-0.05, 0) is 41.3 Å². The smallest absolute Gasteiger partial charge is 0.346 e. The van der Waals surface area contributed by atoms with Crippen LogP contribution in [0.5, 0.6) is 5.75 Å². The normalized spacial score (nSPS) is 10.3. The van der Waals surface area contributed by atoms with Crippen LogP contribution >= 0.6 is 11.3 Å². The number of aromatic hydroxyl groups is 1. The molecule has 5 heteroatoms. The molecule has 0 unspecified atom stereocenters. The minimum atomic E-state index is -0.890. The van der Waals surface area contributed by atoms with Crippen molar-refractivity contribution in [3.63, 3.8) is 0 Å². The first-order chi connectivity index (χ1) is 8.58. The Balaban J connectivity index is 2.16. The third-order valence-corrected chi connectivity index (χ3v) is 3.58. The van der Waals surface area contributed by atoms with Gasteiger partial charge in [0.1, 0.15) is 10.6 Å². The summed E-state index contributed by atoms with van der Waals surface area (Å²) in [6, 6.07) is 8.63. The standard InChI is InChI=1S/C13H13NO3S/c1-14(10-2-4-11(15)5-3-10)8-9-6-7-18-12(9)13(16)17/h2-7,15H,8H2,1H3,(H,16,17). The molecule has 18 heavy (non-hydrogen) atoms. The summed E-state index contributed by atoms with van der Waals surface area (Å²) in [6.45, 7) is 0.524. The van der Waals surface area contributed by atoms with E-state index in [4.69, 9.17) is 5.11 Å². The van der Waals surface area contributed by atoms with Crippen LogP contribution in [-0.2, 0) is 6.54 Å². The summed E-state index contributed by atoms with van der Waals surface area (Å²) in [5, 5.41) is 20.0. The van der Waals surface area contributed by atoms with Gasteiger partial charge in [0.25, 0.3) is 0 Å². The lowest BCUT2D eigenvalue weighted by Crippen LogP contribution is -2.17. The predicted molar refractivity (Wildman–Crippen MR) is 71.5 cm³/mol. The van der Waals surface area contributed by atoms with Crippen molar-refractivity contribution in [1.29, 1.82) is 0 Å². The highest BCUT2D eigenvalue weighted by molar-refractivity contribution is 7.12. The summed E-state index contributed by atoms with van der Waals surface area (Å²) in [7, 11) is 1.88. The molecule has 0 atom stereocenters. The summed E-state index contributed by atoms with van der Waals surface area (Å²) >= 11 is 1.23. The molecule has 1 aromatic heterocycles. The van der Waals surface area contributed by atoms with Crippen molar-refractivity contribution in [3.05, 3.63) is 46.2 Å². The maximum Gasteiger partial charge on any atom is 0.346 e. The third kappa shape index (κ3) is 2.62. The molecule has 1 heterocycles. The minimum absolute atomic E-state index is 0.217. The van der Waals surface area contributed by atoms with Crippen LogP contribution in [0.2, 0.25) is 0 Å². The van der Waals surface area contributed by atoms with Crippen LogP contribution in [-0.4, -0.2) is 23.2 Å². The SMILES string of the molecule is CN(Cc1ccsc1C(=O)O)c1ccc(O)cc1. The van der Waals surface area contributed by atoms with Crippen molar-refractivity contribution in [2.24, 2.45) is 0 Å². The molecular weight excluding hydrogens is 250 g/mol. The Morgan fingerprint density at radius 1 is 1.28 bits per heavy atom. The number of phenolic OH excluding ortho intramolecular Hbond substituents is 1. The molecule has 2 N–H and O–H groups in total. The average molecular weight is 263 g/mol. The average Bonchev–Trinajstić information content (AvgIpc) is 2.78. The van der Waals surface area contributed by atoms with Gasteiger partial charge in [0.15, 0.2) is 0 Å². The summed E-state index contributed by atoms with van der Waals surface area (Å²) in [5.41, 5.74) is 1.72. The lowest BCUT2D eigenvalue weighted by Gasteiger charge is -2.19. The van der Waals surface area contributed by atoms with Gasteiger partial charge in [-0.15, -0.1) is 11.3 Å². The van der Waals surface area contributed by atoms with E-state index in [0.717, 1.165) is 11.3 Å². The second kappa shape index (κ2) is 5.10. The Morgan fingerprint density at radius 2 is 1.94 bits per heavy atom. The molecule has 0 saturated heterocycles. The van der Waals surface area contributed by atoms with E-state index in [2.05, 4.69) is 0 Å². The zero-order chi connectivity index (χ0) is 13.1. The van der Waals surface area contributed by atoms with Gasteiger partial charge in [-0.2, -0.15) is 0 Å². The van der Waals surface area contributed by atoms with Crippen LogP contribution in [0.15, 0.2) is 35.7 Å². The Morgan fingerprint density at radius 3 is 2.56 bits per heavy atom. The first kappa shape index (κ1) is 12.4. The van der Waals surface area contributed by atoms with Crippen molar-refractivity contribution in [1.82, 2.24) is 0 Å². The molecule has 0 fully saturated rings. The first-order valence-electron chi connectivity index (χ1n) is 5.38. The van der Waals surface area contributed by atoms with Crippen LogP contribution in [0, 0.1) is 0 Å². The van der Waals surface area contributed by atoms with E-state index < -0.39 is 5.97 Å². The summed E-state index contributed by atoms with van der Waals surface area (Å²) in [6.07, 6.45) is 0. The number of carbonyl (C=O) groups is 1. The number of hydrogen-bond donors (Lipinski definition) is 2. The van der Waals surface area contributed by atoms with Gasteiger partial charge in [-0.25, -0.2) is 4.79 Å². The van der Waals surface area contributed by atoms with E-state index >= 15 is 0 Å². The maximum atomic E-state index is 11.0. The summed E-state index contributed by atoms with van der Waals surface area (Å²) in [4.78, 5) is 13.3.